The predicted molar refractivity (Wildman–Crippen MR) is 76.2 cm³/mol. The highest BCUT2D eigenvalue weighted by molar-refractivity contribution is 5.73. The van der Waals surface area contributed by atoms with E-state index in [1.54, 1.807) is 0 Å². The molecular weight excluding hydrogens is 228 g/mol. The first kappa shape index (κ1) is 14.6. The van der Waals surface area contributed by atoms with Crippen LogP contribution in [0.15, 0.2) is 18.2 Å². The van der Waals surface area contributed by atoms with E-state index in [2.05, 4.69) is 19.2 Å². The quantitative estimate of drug-likeness (QED) is 0.698. The van der Waals surface area contributed by atoms with E-state index in [0.717, 1.165) is 24.5 Å². The minimum Gasteiger partial charge on any atom is -0.491 e. The molecule has 4 heteroatoms. The Bertz CT molecular complexity index is 356. The van der Waals surface area contributed by atoms with Crippen molar-refractivity contribution < 1.29 is 9.47 Å². The third kappa shape index (κ3) is 4.45. The summed E-state index contributed by atoms with van der Waals surface area (Å²) in [5, 5.41) is 3.33. The standard InChI is InChI=1S/C14H24N2O2/c1-4-9-18-13-8-6-7-12(14(13)15)16-11(3)10-17-5-2/h6-8,11,16H,4-5,9-10,15H2,1-3H3. The zero-order valence-corrected chi connectivity index (χ0v) is 11.5. The van der Waals surface area contributed by atoms with E-state index in [1.807, 2.05) is 25.1 Å². The van der Waals surface area contributed by atoms with Gasteiger partial charge < -0.3 is 20.5 Å². The van der Waals surface area contributed by atoms with E-state index in [-0.39, 0.29) is 6.04 Å². The van der Waals surface area contributed by atoms with E-state index in [1.165, 1.54) is 0 Å². The number of nitrogens with two attached hydrogens (primary N) is 1. The molecule has 0 heterocycles. The van der Waals surface area contributed by atoms with Crippen LogP contribution in [-0.4, -0.2) is 25.9 Å². The van der Waals surface area contributed by atoms with Crippen molar-refractivity contribution in [1.82, 2.24) is 0 Å². The van der Waals surface area contributed by atoms with Crippen LogP contribution < -0.4 is 15.8 Å². The molecule has 0 aliphatic rings. The van der Waals surface area contributed by atoms with Gasteiger partial charge in [0.2, 0.25) is 0 Å². The summed E-state index contributed by atoms with van der Waals surface area (Å²) in [6, 6.07) is 6.01. The molecule has 1 aromatic carbocycles. The Morgan fingerprint density at radius 3 is 2.78 bits per heavy atom. The van der Waals surface area contributed by atoms with Crippen molar-refractivity contribution in [3.05, 3.63) is 18.2 Å². The lowest BCUT2D eigenvalue weighted by molar-refractivity contribution is 0.141. The molecule has 0 aromatic heterocycles. The van der Waals surface area contributed by atoms with Crippen molar-refractivity contribution in [3.8, 4) is 5.75 Å². The van der Waals surface area contributed by atoms with Gasteiger partial charge in [-0.3, -0.25) is 0 Å². The topological polar surface area (TPSA) is 56.5 Å². The summed E-state index contributed by atoms with van der Waals surface area (Å²) in [5.74, 6) is 0.741. The van der Waals surface area contributed by atoms with Gasteiger partial charge in [-0.1, -0.05) is 13.0 Å². The van der Waals surface area contributed by atoms with Gasteiger partial charge in [-0.05, 0) is 32.4 Å². The predicted octanol–water partition coefficient (Wildman–Crippen LogP) is 2.89. The number of hydrogen-bond acceptors (Lipinski definition) is 4. The maximum atomic E-state index is 6.07. The van der Waals surface area contributed by atoms with Crippen molar-refractivity contribution in [2.75, 3.05) is 30.9 Å². The summed E-state index contributed by atoms with van der Waals surface area (Å²) in [6.45, 7) is 8.19. The van der Waals surface area contributed by atoms with Crippen LogP contribution in [0, 0.1) is 0 Å². The SMILES string of the molecule is CCCOc1cccc(NC(C)COCC)c1N. The monoisotopic (exact) mass is 252 g/mol. The number of benzene rings is 1. The number of rotatable bonds is 8. The third-order valence-corrected chi connectivity index (χ3v) is 2.50. The molecule has 1 rings (SSSR count). The summed E-state index contributed by atoms with van der Waals surface area (Å²) in [7, 11) is 0. The normalized spacial score (nSPS) is 12.2. The second-order valence-electron chi connectivity index (χ2n) is 4.27. The maximum absolute atomic E-state index is 6.07. The smallest absolute Gasteiger partial charge is 0.144 e. The average molecular weight is 252 g/mol. The number of nitrogen functional groups attached to an aromatic ring is 1. The second-order valence-corrected chi connectivity index (χ2v) is 4.27. The zero-order valence-electron chi connectivity index (χ0n) is 11.5. The molecule has 0 radical (unpaired) electrons. The van der Waals surface area contributed by atoms with Crippen LogP contribution in [-0.2, 0) is 4.74 Å². The maximum Gasteiger partial charge on any atom is 0.144 e. The number of para-hydroxylation sites is 1. The van der Waals surface area contributed by atoms with E-state index in [4.69, 9.17) is 15.2 Å². The van der Waals surface area contributed by atoms with Crippen LogP contribution in [0.4, 0.5) is 11.4 Å². The molecule has 1 unspecified atom stereocenters. The number of anilines is 2. The molecular formula is C14H24N2O2. The third-order valence-electron chi connectivity index (χ3n) is 2.50. The van der Waals surface area contributed by atoms with Crippen LogP contribution in [0.25, 0.3) is 0 Å². The van der Waals surface area contributed by atoms with Crippen molar-refractivity contribution >= 4 is 11.4 Å². The molecule has 1 aromatic rings. The summed E-state index contributed by atoms with van der Waals surface area (Å²) in [6.07, 6.45) is 0.970. The van der Waals surface area contributed by atoms with Gasteiger partial charge in [0.15, 0.2) is 0 Å². The average Bonchev–Trinajstić information content (AvgIpc) is 2.37. The van der Waals surface area contributed by atoms with Crippen molar-refractivity contribution in [3.63, 3.8) is 0 Å². The fraction of sp³-hybridized carbons (Fsp3) is 0.571. The van der Waals surface area contributed by atoms with Crippen LogP contribution in [0.5, 0.6) is 5.75 Å². The van der Waals surface area contributed by atoms with Gasteiger partial charge in [0.05, 0.1) is 24.6 Å². The Balaban J connectivity index is 2.64. The van der Waals surface area contributed by atoms with Crippen LogP contribution in [0.2, 0.25) is 0 Å². The Hall–Kier alpha value is -1.42. The molecule has 0 amide bonds. The van der Waals surface area contributed by atoms with Crippen LogP contribution >= 0.6 is 0 Å². The molecule has 18 heavy (non-hydrogen) atoms. The van der Waals surface area contributed by atoms with E-state index in [9.17, 15) is 0 Å². The first-order chi connectivity index (χ1) is 8.69. The van der Waals surface area contributed by atoms with Crippen molar-refractivity contribution in [2.24, 2.45) is 0 Å². The van der Waals surface area contributed by atoms with Crippen molar-refractivity contribution in [1.29, 1.82) is 0 Å². The van der Waals surface area contributed by atoms with Crippen LogP contribution in [0.1, 0.15) is 27.2 Å². The van der Waals surface area contributed by atoms with Gasteiger partial charge in [0.1, 0.15) is 5.75 Å². The second kappa shape index (κ2) is 7.82. The Labute approximate surface area is 109 Å². The van der Waals surface area contributed by atoms with Gasteiger partial charge in [0.25, 0.3) is 0 Å². The highest BCUT2D eigenvalue weighted by Crippen LogP contribution is 2.29. The van der Waals surface area contributed by atoms with Crippen LogP contribution in [0.3, 0.4) is 0 Å². The molecule has 0 aliphatic heterocycles. The molecule has 102 valence electrons. The van der Waals surface area contributed by atoms with Gasteiger partial charge >= 0.3 is 0 Å². The highest BCUT2D eigenvalue weighted by atomic mass is 16.5. The molecule has 0 saturated carbocycles. The summed E-state index contributed by atoms with van der Waals surface area (Å²) in [4.78, 5) is 0. The number of ether oxygens (including phenoxy) is 2. The number of nitrogens with one attached hydrogen (secondary N) is 1. The fourth-order valence-corrected chi connectivity index (χ4v) is 1.61. The first-order valence-electron chi connectivity index (χ1n) is 6.54. The van der Waals surface area contributed by atoms with E-state index in [0.29, 0.717) is 18.9 Å². The van der Waals surface area contributed by atoms with Gasteiger partial charge in [-0.2, -0.15) is 0 Å². The summed E-state index contributed by atoms with van der Waals surface area (Å²) in [5.41, 5.74) is 7.63. The Morgan fingerprint density at radius 2 is 2.11 bits per heavy atom. The van der Waals surface area contributed by atoms with E-state index < -0.39 is 0 Å². The Morgan fingerprint density at radius 1 is 1.33 bits per heavy atom. The largest absolute Gasteiger partial charge is 0.491 e. The lowest BCUT2D eigenvalue weighted by Crippen LogP contribution is -2.22. The summed E-state index contributed by atoms with van der Waals surface area (Å²) >= 11 is 0. The van der Waals surface area contributed by atoms with E-state index >= 15 is 0 Å². The molecule has 0 fully saturated rings. The molecule has 3 N–H and O–H groups in total. The minimum absolute atomic E-state index is 0.216. The molecule has 4 nitrogen and oxygen atoms in total. The minimum atomic E-state index is 0.216. The Kier molecular flexibility index (Phi) is 6.36. The molecule has 1 atom stereocenters. The lowest BCUT2D eigenvalue weighted by atomic mass is 10.2. The lowest BCUT2D eigenvalue weighted by Gasteiger charge is -2.18. The van der Waals surface area contributed by atoms with Crippen molar-refractivity contribution in [2.45, 2.75) is 33.2 Å². The number of hydrogen-bond donors (Lipinski definition) is 2. The molecule has 0 saturated heterocycles. The summed E-state index contributed by atoms with van der Waals surface area (Å²) < 4.78 is 11.0. The van der Waals surface area contributed by atoms with Gasteiger partial charge in [0, 0.05) is 12.6 Å². The molecule has 0 spiro atoms. The fourth-order valence-electron chi connectivity index (χ4n) is 1.61. The molecule has 0 aliphatic carbocycles. The van der Waals surface area contributed by atoms with Gasteiger partial charge in [-0.15, -0.1) is 0 Å². The molecule has 0 bridgehead atoms. The first-order valence-corrected chi connectivity index (χ1v) is 6.54. The highest BCUT2D eigenvalue weighted by Gasteiger charge is 2.08. The van der Waals surface area contributed by atoms with Gasteiger partial charge in [-0.25, -0.2) is 0 Å². The zero-order chi connectivity index (χ0) is 13.4.